The number of halogens is 1. The highest BCUT2D eigenvalue weighted by Crippen LogP contribution is 2.30. The van der Waals surface area contributed by atoms with Crippen LogP contribution in [0, 0.1) is 12.7 Å². The Morgan fingerprint density at radius 1 is 1.06 bits per heavy atom. The summed E-state index contributed by atoms with van der Waals surface area (Å²) in [7, 11) is 0. The molecule has 0 fully saturated rings. The van der Waals surface area contributed by atoms with Crippen molar-refractivity contribution in [2.24, 2.45) is 0 Å². The van der Waals surface area contributed by atoms with E-state index < -0.39 is 0 Å². The first-order chi connectivity index (χ1) is 16.5. The smallest absolute Gasteiger partial charge is 0.251 e. The molecule has 0 bridgehead atoms. The van der Waals surface area contributed by atoms with E-state index in [1.807, 2.05) is 54.0 Å². The highest BCUT2D eigenvalue weighted by Gasteiger charge is 2.18. The molecule has 1 amide bonds. The fourth-order valence-electron chi connectivity index (χ4n) is 3.75. The number of hydrogen-bond acceptors (Lipinski definition) is 5. The van der Waals surface area contributed by atoms with Gasteiger partial charge in [0.25, 0.3) is 5.91 Å². The van der Waals surface area contributed by atoms with E-state index in [9.17, 15) is 9.18 Å². The molecular weight excluding hydrogens is 431 g/mol. The molecule has 2 aromatic carbocycles. The summed E-state index contributed by atoms with van der Waals surface area (Å²) >= 11 is 0. The quantitative estimate of drug-likeness (QED) is 0.411. The molecule has 3 heterocycles. The fraction of sp³-hybridized carbons (Fsp3) is 0.0769. The van der Waals surface area contributed by atoms with Gasteiger partial charge in [0.05, 0.1) is 5.56 Å². The number of nitrogens with one attached hydrogen (secondary N) is 1. The molecule has 0 aliphatic rings. The van der Waals surface area contributed by atoms with Gasteiger partial charge in [0.2, 0.25) is 0 Å². The summed E-state index contributed by atoms with van der Waals surface area (Å²) in [5.74, 6) is 0.391. The standard InChI is InChI=1S/C26H21FN6O/c1-16-13-22-25(30-14-16)33(24(32-22)21-3-2-12-29-23(21)28)20-10-4-17(5-11-20)15-31-26(34)18-6-8-19(27)9-7-18/h2-14H,15H2,1H3,(H2,28,29)(H,31,34). The summed E-state index contributed by atoms with van der Waals surface area (Å²) in [5, 5.41) is 2.85. The van der Waals surface area contributed by atoms with Crippen molar-refractivity contribution in [1.29, 1.82) is 0 Å². The number of benzene rings is 2. The maximum atomic E-state index is 13.1. The van der Waals surface area contributed by atoms with Crippen LogP contribution in [0.3, 0.4) is 0 Å². The van der Waals surface area contributed by atoms with Crippen molar-refractivity contribution in [2.75, 3.05) is 5.73 Å². The number of carbonyl (C=O) groups excluding carboxylic acids is 1. The Hall–Kier alpha value is -4.59. The van der Waals surface area contributed by atoms with Crippen LogP contribution in [0.4, 0.5) is 10.2 Å². The van der Waals surface area contributed by atoms with Crippen LogP contribution in [0.1, 0.15) is 21.5 Å². The molecular formula is C26H21FN6O. The lowest BCUT2D eigenvalue weighted by Crippen LogP contribution is -2.22. The minimum atomic E-state index is -0.378. The van der Waals surface area contributed by atoms with Gasteiger partial charge in [-0.3, -0.25) is 9.36 Å². The van der Waals surface area contributed by atoms with Gasteiger partial charge in [0, 0.05) is 30.2 Å². The third-order valence-corrected chi connectivity index (χ3v) is 5.47. The molecule has 0 aliphatic heterocycles. The number of nitrogens with zero attached hydrogens (tertiary/aromatic N) is 4. The summed E-state index contributed by atoms with van der Waals surface area (Å²) in [4.78, 5) is 25.9. The second-order valence-corrected chi connectivity index (χ2v) is 7.92. The molecule has 7 nitrogen and oxygen atoms in total. The molecule has 3 N–H and O–H groups in total. The van der Waals surface area contributed by atoms with Gasteiger partial charge in [0.15, 0.2) is 11.5 Å². The summed E-state index contributed by atoms with van der Waals surface area (Å²) in [5.41, 5.74) is 11.5. The molecule has 3 aromatic heterocycles. The van der Waals surface area contributed by atoms with Gasteiger partial charge in [-0.05, 0) is 72.6 Å². The van der Waals surface area contributed by atoms with E-state index in [-0.39, 0.29) is 11.7 Å². The molecule has 168 valence electrons. The fourth-order valence-corrected chi connectivity index (χ4v) is 3.75. The van der Waals surface area contributed by atoms with E-state index in [0.29, 0.717) is 35.0 Å². The molecule has 0 saturated heterocycles. The van der Waals surface area contributed by atoms with Gasteiger partial charge in [-0.2, -0.15) is 0 Å². The van der Waals surface area contributed by atoms with Crippen LogP contribution in [-0.4, -0.2) is 25.4 Å². The Balaban J connectivity index is 1.46. The van der Waals surface area contributed by atoms with Crippen LogP contribution in [0.25, 0.3) is 28.2 Å². The maximum absolute atomic E-state index is 13.1. The average Bonchev–Trinajstić information content (AvgIpc) is 3.21. The first-order valence-corrected chi connectivity index (χ1v) is 10.7. The molecule has 0 aliphatic carbocycles. The minimum Gasteiger partial charge on any atom is -0.383 e. The van der Waals surface area contributed by atoms with Gasteiger partial charge in [-0.15, -0.1) is 0 Å². The lowest BCUT2D eigenvalue weighted by Gasteiger charge is -2.11. The van der Waals surface area contributed by atoms with Gasteiger partial charge in [-0.1, -0.05) is 12.1 Å². The predicted octanol–water partition coefficient (Wildman–Crippen LogP) is 4.44. The van der Waals surface area contributed by atoms with Gasteiger partial charge in [0.1, 0.15) is 17.2 Å². The SMILES string of the molecule is Cc1cnc2c(c1)nc(-c1cccnc1N)n2-c1ccc(CNC(=O)c2ccc(F)cc2)cc1. The highest BCUT2D eigenvalue weighted by atomic mass is 19.1. The van der Waals surface area contributed by atoms with E-state index in [1.165, 1.54) is 24.3 Å². The van der Waals surface area contributed by atoms with Crippen LogP contribution < -0.4 is 11.1 Å². The van der Waals surface area contributed by atoms with Gasteiger partial charge in [-0.25, -0.2) is 19.3 Å². The average molecular weight is 452 g/mol. The third kappa shape index (κ3) is 4.09. The summed E-state index contributed by atoms with van der Waals surface area (Å²) in [6.45, 7) is 2.31. The second-order valence-electron chi connectivity index (χ2n) is 7.92. The normalized spacial score (nSPS) is 11.0. The zero-order valence-electron chi connectivity index (χ0n) is 18.4. The Bertz CT molecular complexity index is 1490. The lowest BCUT2D eigenvalue weighted by molar-refractivity contribution is 0.0951. The Morgan fingerprint density at radius 3 is 2.56 bits per heavy atom. The summed E-state index contributed by atoms with van der Waals surface area (Å²) < 4.78 is 15.0. The number of pyridine rings is 2. The number of aromatic nitrogens is 4. The van der Waals surface area contributed by atoms with Crippen LogP contribution in [-0.2, 0) is 6.54 Å². The zero-order chi connectivity index (χ0) is 23.7. The number of anilines is 1. The number of amides is 1. The second kappa shape index (κ2) is 8.74. The lowest BCUT2D eigenvalue weighted by atomic mass is 10.1. The largest absolute Gasteiger partial charge is 0.383 e. The first-order valence-electron chi connectivity index (χ1n) is 10.7. The number of imidazole rings is 1. The molecule has 34 heavy (non-hydrogen) atoms. The minimum absolute atomic E-state index is 0.265. The number of nitrogen functional groups attached to an aromatic ring is 1. The molecule has 8 heteroatoms. The Labute approximate surface area is 195 Å². The monoisotopic (exact) mass is 452 g/mol. The highest BCUT2D eigenvalue weighted by molar-refractivity contribution is 5.94. The number of aryl methyl sites for hydroxylation is 1. The van der Waals surface area contributed by atoms with Crippen molar-refractivity contribution in [2.45, 2.75) is 13.5 Å². The van der Waals surface area contributed by atoms with E-state index in [4.69, 9.17) is 10.7 Å². The van der Waals surface area contributed by atoms with Crippen LogP contribution in [0.5, 0.6) is 0 Å². The molecule has 5 aromatic rings. The number of carbonyl (C=O) groups is 1. The summed E-state index contributed by atoms with van der Waals surface area (Å²) in [6, 6.07) is 18.9. The third-order valence-electron chi connectivity index (χ3n) is 5.47. The summed E-state index contributed by atoms with van der Waals surface area (Å²) in [6.07, 6.45) is 3.44. The van der Waals surface area contributed by atoms with Crippen molar-refractivity contribution in [3.63, 3.8) is 0 Å². The van der Waals surface area contributed by atoms with E-state index in [1.54, 1.807) is 12.4 Å². The number of fused-ring (bicyclic) bond motifs is 1. The molecule has 0 atom stereocenters. The zero-order valence-corrected chi connectivity index (χ0v) is 18.4. The number of hydrogen-bond donors (Lipinski definition) is 2. The molecule has 5 rings (SSSR count). The Morgan fingerprint density at radius 2 is 1.82 bits per heavy atom. The maximum Gasteiger partial charge on any atom is 0.251 e. The van der Waals surface area contributed by atoms with Crippen LogP contribution >= 0.6 is 0 Å². The van der Waals surface area contributed by atoms with E-state index >= 15 is 0 Å². The molecule has 0 spiro atoms. The van der Waals surface area contributed by atoms with Crippen molar-refractivity contribution >= 4 is 22.9 Å². The molecule has 0 radical (unpaired) electrons. The van der Waals surface area contributed by atoms with Crippen molar-refractivity contribution in [3.8, 4) is 17.1 Å². The van der Waals surface area contributed by atoms with Crippen molar-refractivity contribution in [1.82, 2.24) is 24.8 Å². The van der Waals surface area contributed by atoms with Gasteiger partial charge < -0.3 is 11.1 Å². The van der Waals surface area contributed by atoms with Gasteiger partial charge >= 0.3 is 0 Å². The van der Waals surface area contributed by atoms with Crippen molar-refractivity contribution in [3.05, 3.63) is 102 Å². The number of nitrogens with two attached hydrogens (primary N) is 1. The van der Waals surface area contributed by atoms with E-state index in [0.717, 1.165) is 22.3 Å². The van der Waals surface area contributed by atoms with Crippen LogP contribution in [0.2, 0.25) is 0 Å². The number of rotatable bonds is 5. The molecule has 0 saturated carbocycles. The Kier molecular flexibility index (Phi) is 5.47. The molecule has 0 unspecified atom stereocenters. The van der Waals surface area contributed by atoms with Crippen LogP contribution in [0.15, 0.2) is 79.1 Å². The topological polar surface area (TPSA) is 98.7 Å². The predicted molar refractivity (Wildman–Crippen MR) is 129 cm³/mol. The van der Waals surface area contributed by atoms with Crippen molar-refractivity contribution < 1.29 is 9.18 Å². The van der Waals surface area contributed by atoms with E-state index in [2.05, 4.69) is 15.3 Å². The first kappa shape index (κ1) is 21.3.